The number of aromatic nitrogens is 1. The van der Waals surface area contributed by atoms with E-state index < -0.39 is 24.0 Å². The van der Waals surface area contributed by atoms with Crippen LogP contribution < -0.4 is 10.6 Å². The predicted octanol–water partition coefficient (Wildman–Crippen LogP) is 2.13. The number of ether oxygens (including phenoxy) is 2. The molecule has 2 N–H and O–H groups in total. The highest BCUT2D eigenvalue weighted by Gasteiger charge is 2.21. The number of nitrogens with one attached hydrogen (secondary N) is 2. The molecule has 2 aromatic rings. The fourth-order valence-electron chi connectivity index (χ4n) is 3.02. The van der Waals surface area contributed by atoms with E-state index in [1.807, 2.05) is 13.8 Å². The summed E-state index contributed by atoms with van der Waals surface area (Å²) in [5.41, 5.74) is 0.513. The number of carbonyl (C=O) groups excluding carboxylic acids is 4. The average molecular weight is 439 g/mol. The van der Waals surface area contributed by atoms with E-state index in [4.69, 9.17) is 9.47 Å². The van der Waals surface area contributed by atoms with Gasteiger partial charge in [-0.25, -0.2) is 14.6 Å². The Labute approximate surface area is 185 Å². The Morgan fingerprint density at radius 3 is 1.66 bits per heavy atom. The molecule has 0 saturated heterocycles. The molecule has 3 rings (SSSR count). The van der Waals surface area contributed by atoms with Gasteiger partial charge in [-0.2, -0.15) is 0 Å². The van der Waals surface area contributed by atoms with Gasteiger partial charge in [0.25, 0.3) is 11.8 Å². The molecule has 1 aliphatic heterocycles. The zero-order chi connectivity index (χ0) is 23.1. The highest BCUT2D eigenvalue weighted by molar-refractivity contribution is 6.00. The normalized spacial score (nSPS) is 20.2. The van der Waals surface area contributed by atoms with Gasteiger partial charge in [-0.3, -0.25) is 9.59 Å². The van der Waals surface area contributed by atoms with Gasteiger partial charge in [0, 0.05) is 11.1 Å². The van der Waals surface area contributed by atoms with Crippen molar-refractivity contribution >= 4 is 23.8 Å². The minimum Gasteiger partial charge on any atom is -0.459 e. The Morgan fingerprint density at radius 2 is 1.22 bits per heavy atom. The van der Waals surface area contributed by atoms with Crippen LogP contribution >= 0.6 is 0 Å². The SMILES string of the molecule is CCC1COC(=O)c2cccc(n2)C(=O)OC[C@@H](CC)NC(=O)c2cccc(c2)C(=O)N1. The molecule has 2 atom stereocenters. The second-order valence-electron chi connectivity index (χ2n) is 7.34. The molecule has 2 amide bonds. The minimum atomic E-state index is -0.714. The molecule has 0 spiro atoms. The lowest BCUT2D eigenvalue weighted by atomic mass is 10.1. The first-order valence-corrected chi connectivity index (χ1v) is 10.4. The van der Waals surface area contributed by atoms with Gasteiger partial charge >= 0.3 is 11.9 Å². The Bertz CT molecular complexity index is 950. The molecule has 0 radical (unpaired) electrons. The number of carbonyl (C=O) groups is 4. The molecule has 168 valence electrons. The summed E-state index contributed by atoms with van der Waals surface area (Å²) in [5.74, 6) is -2.20. The summed E-state index contributed by atoms with van der Waals surface area (Å²) in [4.78, 5) is 54.2. The average Bonchev–Trinajstić information content (AvgIpc) is 2.83. The summed E-state index contributed by atoms with van der Waals surface area (Å²) in [5, 5.41) is 5.61. The van der Waals surface area contributed by atoms with Crippen LogP contribution in [0.15, 0.2) is 42.5 Å². The molecule has 32 heavy (non-hydrogen) atoms. The third kappa shape index (κ3) is 5.69. The van der Waals surface area contributed by atoms with Crippen molar-refractivity contribution in [2.75, 3.05) is 13.2 Å². The lowest BCUT2D eigenvalue weighted by Crippen LogP contribution is -2.39. The van der Waals surface area contributed by atoms with Crippen LogP contribution in [0.1, 0.15) is 68.4 Å². The molecule has 4 bridgehead atoms. The summed E-state index contributed by atoms with van der Waals surface area (Å²) >= 11 is 0. The van der Waals surface area contributed by atoms with Crippen molar-refractivity contribution in [3.05, 3.63) is 65.0 Å². The Balaban J connectivity index is 1.90. The van der Waals surface area contributed by atoms with Crippen molar-refractivity contribution < 1.29 is 28.7 Å². The first kappa shape index (κ1) is 22.9. The van der Waals surface area contributed by atoms with E-state index in [0.717, 1.165) is 0 Å². The van der Waals surface area contributed by atoms with Crippen molar-refractivity contribution in [3.63, 3.8) is 0 Å². The molecule has 0 saturated carbocycles. The summed E-state index contributed by atoms with van der Waals surface area (Å²) in [6.45, 7) is 3.54. The number of rotatable bonds is 2. The van der Waals surface area contributed by atoms with E-state index >= 15 is 0 Å². The lowest BCUT2D eigenvalue weighted by Gasteiger charge is -2.19. The van der Waals surface area contributed by atoms with E-state index in [1.54, 1.807) is 18.2 Å². The van der Waals surface area contributed by atoms with Gasteiger partial charge in [-0.15, -0.1) is 0 Å². The summed E-state index contributed by atoms with van der Waals surface area (Å²) in [6, 6.07) is 9.76. The van der Waals surface area contributed by atoms with Crippen LogP contribution in [0.25, 0.3) is 0 Å². The van der Waals surface area contributed by atoms with Gasteiger partial charge in [0.1, 0.15) is 24.6 Å². The maximum absolute atomic E-state index is 12.7. The number of cyclic esters (lactones) is 2. The van der Waals surface area contributed by atoms with Crippen molar-refractivity contribution in [1.29, 1.82) is 0 Å². The number of hydrogen-bond acceptors (Lipinski definition) is 7. The van der Waals surface area contributed by atoms with Gasteiger partial charge in [0.2, 0.25) is 0 Å². The van der Waals surface area contributed by atoms with E-state index in [1.165, 1.54) is 24.3 Å². The highest BCUT2D eigenvalue weighted by Crippen LogP contribution is 2.10. The number of hydrogen-bond donors (Lipinski definition) is 2. The smallest absolute Gasteiger partial charge is 0.357 e. The molecule has 2 heterocycles. The standard InChI is InChI=1S/C23H25N3O6/c1-3-16-12-31-22(29)18-9-6-10-19(26-18)23(30)32-13-17(4-2)25-21(28)15-8-5-7-14(11-15)20(27)24-16/h5-11,16-17H,3-4,12-13H2,1-2H3,(H,24,27)(H,25,28)/t16-,17?/m1/s1. The van der Waals surface area contributed by atoms with E-state index in [9.17, 15) is 19.2 Å². The Kier molecular flexibility index (Phi) is 7.54. The van der Waals surface area contributed by atoms with Crippen molar-refractivity contribution in [1.82, 2.24) is 15.6 Å². The van der Waals surface area contributed by atoms with Crippen molar-refractivity contribution in [2.45, 2.75) is 38.8 Å². The number of fused-ring (bicyclic) bond motifs is 4. The topological polar surface area (TPSA) is 124 Å². The van der Waals surface area contributed by atoms with Crippen molar-refractivity contribution in [2.24, 2.45) is 0 Å². The molecule has 1 unspecified atom stereocenters. The fourth-order valence-corrected chi connectivity index (χ4v) is 3.02. The number of benzene rings is 1. The quantitative estimate of drug-likeness (QED) is 0.687. The maximum atomic E-state index is 12.7. The molecular weight excluding hydrogens is 414 g/mol. The van der Waals surface area contributed by atoms with Crippen LogP contribution in [0.2, 0.25) is 0 Å². The molecule has 1 aromatic carbocycles. The van der Waals surface area contributed by atoms with Crippen molar-refractivity contribution in [3.8, 4) is 0 Å². The monoisotopic (exact) mass is 439 g/mol. The van der Waals surface area contributed by atoms with E-state index in [2.05, 4.69) is 15.6 Å². The number of nitrogens with zero attached hydrogens (tertiary/aromatic N) is 1. The number of pyridine rings is 1. The first-order valence-electron chi connectivity index (χ1n) is 10.4. The zero-order valence-corrected chi connectivity index (χ0v) is 17.9. The summed E-state index contributed by atoms with van der Waals surface area (Å²) in [6.07, 6.45) is 1.02. The van der Waals surface area contributed by atoms with Gasteiger partial charge in [-0.05, 0) is 43.2 Å². The molecule has 1 aromatic heterocycles. The van der Waals surface area contributed by atoms with E-state index in [0.29, 0.717) is 24.0 Å². The van der Waals surface area contributed by atoms with Gasteiger partial charge in [0.05, 0.1) is 12.1 Å². The molecule has 0 aliphatic carbocycles. The highest BCUT2D eigenvalue weighted by atomic mass is 16.5. The maximum Gasteiger partial charge on any atom is 0.357 e. The zero-order valence-electron chi connectivity index (χ0n) is 17.9. The number of esters is 2. The lowest BCUT2D eigenvalue weighted by molar-refractivity contribution is 0.0436. The molecule has 9 heteroatoms. The fraction of sp³-hybridized carbons (Fsp3) is 0.348. The number of amides is 2. The first-order chi connectivity index (χ1) is 15.4. The van der Waals surface area contributed by atoms with Crippen LogP contribution in [0, 0.1) is 0 Å². The Morgan fingerprint density at radius 1 is 0.781 bits per heavy atom. The van der Waals surface area contributed by atoms with Crippen LogP contribution in [0.5, 0.6) is 0 Å². The van der Waals surface area contributed by atoms with Crippen LogP contribution in [0.4, 0.5) is 0 Å². The molecule has 9 nitrogen and oxygen atoms in total. The Hall–Kier alpha value is -3.75. The van der Waals surface area contributed by atoms with Gasteiger partial charge in [-0.1, -0.05) is 26.0 Å². The second kappa shape index (κ2) is 10.5. The van der Waals surface area contributed by atoms with Gasteiger partial charge in [0.15, 0.2) is 0 Å². The minimum absolute atomic E-state index is 0.0465. The largest absolute Gasteiger partial charge is 0.459 e. The predicted molar refractivity (Wildman–Crippen MR) is 114 cm³/mol. The second-order valence-corrected chi connectivity index (χ2v) is 7.34. The van der Waals surface area contributed by atoms with Crippen LogP contribution in [-0.2, 0) is 9.47 Å². The third-order valence-electron chi connectivity index (χ3n) is 5.04. The molecular formula is C23H25N3O6. The molecule has 0 fully saturated rings. The van der Waals surface area contributed by atoms with Crippen LogP contribution in [0.3, 0.4) is 0 Å². The van der Waals surface area contributed by atoms with Crippen LogP contribution in [-0.4, -0.2) is 54.0 Å². The molecule has 1 aliphatic rings. The van der Waals surface area contributed by atoms with E-state index in [-0.39, 0.29) is 36.4 Å². The summed E-state index contributed by atoms with van der Waals surface area (Å²) in [7, 11) is 0. The van der Waals surface area contributed by atoms with Gasteiger partial charge < -0.3 is 20.1 Å². The third-order valence-corrected chi connectivity index (χ3v) is 5.04. The summed E-state index contributed by atoms with van der Waals surface area (Å²) < 4.78 is 10.6.